The van der Waals surface area contributed by atoms with Gasteiger partial charge in [0, 0.05) is 20.6 Å². The molecule has 0 aliphatic rings. The van der Waals surface area contributed by atoms with Crippen LogP contribution in [-0.2, 0) is 0 Å². The largest absolute Gasteiger partial charge is 0.502 e. The van der Waals surface area contributed by atoms with E-state index in [4.69, 9.17) is 0 Å². The van der Waals surface area contributed by atoms with Crippen molar-refractivity contribution in [2.24, 2.45) is 0 Å². The molecule has 0 saturated heterocycles. The fraction of sp³-hybridized carbons (Fsp3) is 0.500. The average Bonchev–Trinajstić information content (AvgIpc) is 2.17. The monoisotopic (exact) mass is 182 g/mol. The van der Waals surface area contributed by atoms with Crippen molar-refractivity contribution >= 4 is 11.6 Å². The first-order valence-electron chi connectivity index (χ1n) is 4.13. The highest BCUT2D eigenvalue weighted by molar-refractivity contribution is 5.63. The van der Waals surface area contributed by atoms with E-state index in [-0.39, 0.29) is 5.75 Å². The third-order valence-electron chi connectivity index (χ3n) is 1.88. The predicted molar refractivity (Wildman–Crippen MR) is 52.2 cm³/mol. The van der Waals surface area contributed by atoms with Crippen molar-refractivity contribution in [2.45, 2.75) is 6.92 Å². The zero-order valence-electron chi connectivity index (χ0n) is 8.07. The van der Waals surface area contributed by atoms with E-state index >= 15 is 0 Å². The molecule has 0 aliphatic carbocycles. The SMILES string of the molecule is CCN(C)c1ncnc(NC)c1O. The van der Waals surface area contributed by atoms with Crippen molar-refractivity contribution in [1.82, 2.24) is 9.97 Å². The van der Waals surface area contributed by atoms with Crippen molar-refractivity contribution in [3.8, 4) is 5.75 Å². The van der Waals surface area contributed by atoms with Crippen LogP contribution in [0.3, 0.4) is 0 Å². The lowest BCUT2D eigenvalue weighted by molar-refractivity contribution is 0.472. The normalized spacial score (nSPS) is 9.77. The molecule has 2 N–H and O–H groups in total. The van der Waals surface area contributed by atoms with Crippen molar-refractivity contribution in [3.05, 3.63) is 6.33 Å². The molecular weight excluding hydrogens is 168 g/mol. The summed E-state index contributed by atoms with van der Waals surface area (Å²) >= 11 is 0. The lowest BCUT2D eigenvalue weighted by Gasteiger charge is -2.17. The Labute approximate surface area is 77.4 Å². The van der Waals surface area contributed by atoms with Gasteiger partial charge in [-0.3, -0.25) is 0 Å². The molecule has 0 spiro atoms. The Hall–Kier alpha value is -1.52. The number of anilines is 2. The fourth-order valence-electron chi connectivity index (χ4n) is 0.982. The molecular formula is C8H14N4O. The molecule has 0 amide bonds. The number of aromatic hydroxyl groups is 1. The van der Waals surface area contributed by atoms with Crippen LogP contribution in [0.15, 0.2) is 6.33 Å². The second-order valence-corrected chi connectivity index (χ2v) is 2.66. The average molecular weight is 182 g/mol. The topological polar surface area (TPSA) is 61.3 Å². The molecule has 0 aliphatic heterocycles. The Morgan fingerprint density at radius 3 is 2.77 bits per heavy atom. The number of nitrogens with one attached hydrogen (secondary N) is 1. The van der Waals surface area contributed by atoms with Crippen LogP contribution in [0.5, 0.6) is 5.75 Å². The number of rotatable bonds is 3. The molecule has 0 bridgehead atoms. The molecule has 0 saturated carbocycles. The Kier molecular flexibility index (Phi) is 2.89. The van der Waals surface area contributed by atoms with Crippen LogP contribution in [0.2, 0.25) is 0 Å². The minimum absolute atomic E-state index is 0.0920. The molecule has 1 aromatic rings. The Balaban J connectivity index is 3.08. The Bertz CT molecular complexity index is 289. The van der Waals surface area contributed by atoms with Gasteiger partial charge in [-0.05, 0) is 6.92 Å². The van der Waals surface area contributed by atoms with Gasteiger partial charge in [-0.15, -0.1) is 0 Å². The first-order chi connectivity index (χ1) is 6.20. The highest BCUT2D eigenvalue weighted by atomic mass is 16.3. The predicted octanol–water partition coefficient (Wildman–Crippen LogP) is 0.680. The van der Waals surface area contributed by atoms with Gasteiger partial charge >= 0.3 is 0 Å². The molecule has 72 valence electrons. The molecule has 0 unspecified atom stereocenters. The molecule has 0 fully saturated rings. The highest BCUT2D eigenvalue weighted by Gasteiger charge is 2.10. The van der Waals surface area contributed by atoms with Gasteiger partial charge in [0.15, 0.2) is 11.6 Å². The lowest BCUT2D eigenvalue weighted by Crippen LogP contribution is -2.17. The Morgan fingerprint density at radius 1 is 1.54 bits per heavy atom. The third kappa shape index (κ3) is 1.80. The van der Waals surface area contributed by atoms with Gasteiger partial charge < -0.3 is 15.3 Å². The Morgan fingerprint density at radius 2 is 2.23 bits per heavy atom. The molecule has 0 aromatic carbocycles. The summed E-state index contributed by atoms with van der Waals surface area (Å²) in [4.78, 5) is 9.70. The second kappa shape index (κ2) is 3.93. The number of nitrogens with zero attached hydrogens (tertiary/aromatic N) is 3. The van der Waals surface area contributed by atoms with Crippen LogP contribution < -0.4 is 10.2 Å². The van der Waals surface area contributed by atoms with Crippen LogP contribution in [0, 0.1) is 0 Å². The first-order valence-corrected chi connectivity index (χ1v) is 4.13. The minimum Gasteiger partial charge on any atom is -0.502 e. The summed E-state index contributed by atoms with van der Waals surface area (Å²) in [5.74, 6) is 1.08. The molecule has 0 atom stereocenters. The minimum atomic E-state index is 0.0920. The molecule has 1 aromatic heterocycles. The molecule has 5 nitrogen and oxygen atoms in total. The van der Waals surface area contributed by atoms with Crippen molar-refractivity contribution < 1.29 is 5.11 Å². The summed E-state index contributed by atoms with van der Waals surface area (Å²) in [6.45, 7) is 2.77. The van der Waals surface area contributed by atoms with Gasteiger partial charge in [0.2, 0.25) is 5.75 Å². The van der Waals surface area contributed by atoms with Crippen LogP contribution >= 0.6 is 0 Å². The van der Waals surface area contributed by atoms with Crippen molar-refractivity contribution in [3.63, 3.8) is 0 Å². The first kappa shape index (κ1) is 9.57. The maximum absolute atomic E-state index is 9.66. The lowest BCUT2D eigenvalue weighted by atomic mass is 10.4. The maximum atomic E-state index is 9.66. The van der Waals surface area contributed by atoms with E-state index in [1.54, 1.807) is 7.05 Å². The van der Waals surface area contributed by atoms with E-state index in [1.807, 2.05) is 18.9 Å². The van der Waals surface area contributed by atoms with E-state index in [1.165, 1.54) is 6.33 Å². The van der Waals surface area contributed by atoms with E-state index < -0.39 is 0 Å². The zero-order chi connectivity index (χ0) is 9.84. The van der Waals surface area contributed by atoms with Crippen LogP contribution in [0.4, 0.5) is 11.6 Å². The summed E-state index contributed by atoms with van der Waals surface area (Å²) in [6, 6.07) is 0. The van der Waals surface area contributed by atoms with Gasteiger partial charge in [-0.2, -0.15) is 0 Å². The molecule has 0 radical (unpaired) electrons. The van der Waals surface area contributed by atoms with E-state index in [0.717, 1.165) is 6.54 Å². The number of hydrogen-bond donors (Lipinski definition) is 2. The van der Waals surface area contributed by atoms with Gasteiger partial charge in [0.05, 0.1) is 0 Å². The maximum Gasteiger partial charge on any atom is 0.201 e. The summed E-state index contributed by atoms with van der Waals surface area (Å²) in [7, 11) is 3.57. The molecule has 5 heteroatoms. The van der Waals surface area contributed by atoms with E-state index in [2.05, 4.69) is 15.3 Å². The van der Waals surface area contributed by atoms with Crippen molar-refractivity contribution in [1.29, 1.82) is 0 Å². The zero-order valence-corrected chi connectivity index (χ0v) is 8.07. The van der Waals surface area contributed by atoms with E-state index in [9.17, 15) is 5.11 Å². The second-order valence-electron chi connectivity index (χ2n) is 2.66. The van der Waals surface area contributed by atoms with Gasteiger partial charge in [-0.1, -0.05) is 0 Å². The smallest absolute Gasteiger partial charge is 0.201 e. The summed E-state index contributed by atoms with van der Waals surface area (Å²) in [5, 5.41) is 12.4. The van der Waals surface area contributed by atoms with Crippen molar-refractivity contribution in [2.75, 3.05) is 30.9 Å². The standard InChI is InChI=1S/C8H14N4O/c1-4-12(3)8-6(13)7(9-2)10-5-11-8/h5,13H,4H2,1-3H3,(H,9,10,11). The number of aromatic nitrogens is 2. The van der Waals surface area contributed by atoms with Gasteiger partial charge in [0.25, 0.3) is 0 Å². The van der Waals surface area contributed by atoms with E-state index in [0.29, 0.717) is 11.6 Å². The van der Waals surface area contributed by atoms with Crippen LogP contribution in [0.1, 0.15) is 6.92 Å². The highest BCUT2D eigenvalue weighted by Crippen LogP contribution is 2.28. The van der Waals surface area contributed by atoms with Gasteiger partial charge in [0.1, 0.15) is 6.33 Å². The molecule has 1 heterocycles. The quantitative estimate of drug-likeness (QED) is 0.719. The summed E-state index contributed by atoms with van der Waals surface area (Å²) in [5.41, 5.74) is 0. The van der Waals surface area contributed by atoms with Crippen LogP contribution in [0.25, 0.3) is 0 Å². The number of hydrogen-bond acceptors (Lipinski definition) is 5. The van der Waals surface area contributed by atoms with Crippen LogP contribution in [-0.4, -0.2) is 35.7 Å². The molecule has 1 rings (SSSR count). The molecule has 13 heavy (non-hydrogen) atoms. The third-order valence-corrected chi connectivity index (χ3v) is 1.88. The van der Waals surface area contributed by atoms with Gasteiger partial charge in [-0.25, -0.2) is 9.97 Å². The fourth-order valence-corrected chi connectivity index (χ4v) is 0.982. The summed E-state index contributed by atoms with van der Waals surface area (Å²) in [6.07, 6.45) is 1.42. The summed E-state index contributed by atoms with van der Waals surface area (Å²) < 4.78 is 0.